The summed E-state index contributed by atoms with van der Waals surface area (Å²) < 4.78 is 31.7. The van der Waals surface area contributed by atoms with E-state index in [4.69, 9.17) is 4.74 Å². The monoisotopic (exact) mass is 360 g/mol. The minimum absolute atomic E-state index is 0.0519. The van der Waals surface area contributed by atoms with Crippen LogP contribution in [0.2, 0.25) is 0 Å². The Bertz CT molecular complexity index is 495. The van der Waals surface area contributed by atoms with Crippen molar-refractivity contribution in [2.75, 3.05) is 38.5 Å². The quantitative estimate of drug-likeness (QED) is 0.663. The largest absolute Gasteiger partial charge is 0.376 e. The molecule has 0 aromatic carbocycles. The topological polar surface area (TPSA) is 66.9 Å². The fraction of sp³-hybridized carbons (Fsp3) is 0.941. The Kier molecular flexibility index (Phi) is 7.50. The van der Waals surface area contributed by atoms with Crippen LogP contribution in [-0.4, -0.2) is 68.2 Å². The molecular formula is C17H32N2O4S. The van der Waals surface area contributed by atoms with Crippen LogP contribution in [0.25, 0.3) is 0 Å². The van der Waals surface area contributed by atoms with Gasteiger partial charge in [-0.05, 0) is 39.0 Å². The molecule has 2 aliphatic heterocycles. The van der Waals surface area contributed by atoms with Gasteiger partial charge in [-0.1, -0.05) is 13.3 Å². The average Bonchev–Trinajstić information content (AvgIpc) is 3.10. The van der Waals surface area contributed by atoms with E-state index in [9.17, 15) is 13.2 Å². The molecule has 2 fully saturated rings. The first-order chi connectivity index (χ1) is 11.5. The van der Waals surface area contributed by atoms with Crippen LogP contribution in [0.15, 0.2) is 0 Å². The molecule has 0 bridgehead atoms. The minimum atomic E-state index is -3.15. The van der Waals surface area contributed by atoms with Gasteiger partial charge in [0.1, 0.15) is 0 Å². The average molecular weight is 361 g/mol. The van der Waals surface area contributed by atoms with E-state index in [-0.39, 0.29) is 23.7 Å². The van der Waals surface area contributed by atoms with Gasteiger partial charge in [0.2, 0.25) is 15.9 Å². The second-order valence-electron chi connectivity index (χ2n) is 6.85. The van der Waals surface area contributed by atoms with Crippen molar-refractivity contribution in [3.63, 3.8) is 0 Å². The summed E-state index contributed by atoms with van der Waals surface area (Å²) in [7, 11) is -3.15. The number of sulfonamides is 1. The molecule has 7 heteroatoms. The fourth-order valence-electron chi connectivity index (χ4n) is 3.50. The zero-order valence-corrected chi connectivity index (χ0v) is 15.9. The Hall–Kier alpha value is -0.660. The maximum atomic E-state index is 12.7. The third kappa shape index (κ3) is 5.17. The predicted molar refractivity (Wildman–Crippen MR) is 94.2 cm³/mol. The predicted octanol–water partition coefficient (Wildman–Crippen LogP) is 1.86. The fourth-order valence-corrected chi connectivity index (χ4v) is 5.18. The van der Waals surface area contributed by atoms with Gasteiger partial charge in [-0.15, -0.1) is 0 Å². The summed E-state index contributed by atoms with van der Waals surface area (Å²) in [6.45, 7) is 7.09. The standard InChI is InChI=1S/C17H32N2O4S/c1-3-5-13-24(21,22)19-10-8-15(9-11-19)17(20)18(4-2)14-16-7-6-12-23-16/h15-16H,3-14H2,1-2H3. The molecule has 2 aliphatic rings. The molecule has 140 valence electrons. The van der Waals surface area contributed by atoms with Crippen molar-refractivity contribution in [2.45, 2.75) is 58.5 Å². The number of amides is 1. The van der Waals surface area contributed by atoms with Crippen molar-refractivity contribution in [1.82, 2.24) is 9.21 Å². The molecule has 1 unspecified atom stereocenters. The molecule has 0 aliphatic carbocycles. The Balaban J connectivity index is 1.84. The van der Waals surface area contributed by atoms with Gasteiger partial charge in [0.05, 0.1) is 11.9 Å². The molecule has 0 spiro atoms. The number of carbonyl (C=O) groups is 1. The number of ether oxygens (including phenoxy) is 1. The number of unbranched alkanes of at least 4 members (excludes halogenated alkanes) is 1. The van der Waals surface area contributed by atoms with Gasteiger partial charge < -0.3 is 9.64 Å². The highest BCUT2D eigenvalue weighted by molar-refractivity contribution is 7.89. The van der Waals surface area contributed by atoms with Crippen molar-refractivity contribution in [3.05, 3.63) is 0 Å². The third-order valence-corrected chi connectivity index (χ3v) is 7.05. The Labute approximate surface area is 146 Å². The molecule has 0 aromatic heterocycles. The van der Waals surface area contributed by atoms with Crippen molar-refractivity contribution >= 4 is 15.9 Å². The van der Waals surface area contributed by atoms with E-state index < -0.39 is 10.0 Å². The van der Waals surface area contributed by atoms with Crippen molar-refractivity contribution in [2.24, 2.45) is 5.92 Å². The molecule has 0 N–H and O–H groups in total. The molecule has 2 rings (SSSR count). The van der Waals surface area contributed by atoms with E-state index in [1.807, 2.05) is 18.7 Å². The van der Waals surface area contributed by atoms with Gasteiger partial charge in [-0.3, -0.25) is 4.79 Å². The maximum Gasteiger partial charge on any atom is 0.225 e. The highest BCUT2D eigenvalue weighted by atomic mass is 32.2. The zero-order valence-electron chi connectivity index (χ0n) is 15.1. The summed E-state index contributed by atoms with van der Waals surface area (Å²) in [6.07, 6.45) is 5.11. The second kappa shape index (κ2) is 9.15. The van der Waals surface area contributed by atoms with Gasteiger partial charge >= 0.3 is 0 Å². The number of rotatable bonds is 8. The summed E-state index contributed by atoms with van der Waals surface area (Å²) in [5.41, 5.74) is 0. The summed E-state index contributed by atoms with van der Waals surface area (Å²) in [4.78, 5) is 14.6. The normalized spacial score (nSPS) is 23.5. The van der Waals surface area contributed by atoms with E-state index in [0.29, 0.717) is 45.4 Å². The van der Waals surface area contributed by atoms with E-state index in [1.165, 1.54) is 0 Å². The van der Waals surface area contributed by atoms with Crippen LogP contribution < -0.4 is 0 Å². The lowest BCUT2D eigenvalue weighted by atomic mass is 9.96. The van der Waals surface area contributed by atoms with E-state index in [0.717, 1.165) is 25.9 Å². The first kappa shape index (κ1) is 19.7. The summed E-state index contributed by atoms with van der Waals surface area (Å²) >= 11 is 0. The maximum absolute atomic E-state index is 12.7. The van der Waals surface area contributed by atoms with Gasteiger partial charge in [0.15, 0.2) is 0 Å². The lowest BCUT2D eigenvalue weighted by molar-refractivity contribution is -0.138. The highest BCUT2D eigenvalue weighted by Crippen LogP contribution is 2.23. The number of likely N-dealkylation sites (N-methyl/N-ethyl adjacent to an activating group) is 1. The number of piperidine rings is 1. The molecule has 6 nitrogen and oxygen atoms in total. The second-order valence-corrected chi connectivity index (χ2v) is 8.94. The van der Waals surface area contributed by atoms with Gasteiger partial charge in [-0.2, -0.15) is 0 Å². The SMILES string of the molecule is CCCCS(=O)(=O)N1CCC(C(=O)N(CC)CC2CCCO2)CC1. The van der Waals surface area contributed by atoms with Gasteiger partial charge in [-0.25, -0.2) is 12.7 Å². The molecular weight excluding hydrogens is 328 g/mol. The lowest BCUT2D eigenvalue weighted by Gasteiger charge is -2.34. The third-order valence-electron chi connectivity index (χ3n) is 5.09. The van der Waals surface area contributed by atoms with Crippen LogP contribution in [0.1, 0.15) is 52.4 Å². The van der Waals surface area contributed by atoms with E-state index >= 15 is 0 Å². The molecule has 0 radical (unpaired) electrons. The zero-order chi connectivity index (χ0) is 17.6. The Morgan fingerprint density at radius 3 is 2.46 bits per heavy atom. The van der Waals surface area contributed by atoms with Crippen molar-refractivity contribution in [3.8, 4) is 0 Å². The number of hydrogen-bond donors (Lipinski definition) is 0. The molecule has 1 atom stereocenters. The Morgan fingerprint density at radius 1 is 1.21 bits per heavy atom. The summed E-state index contributed by atoms with van der Waals surface area (Å²) in [6, 6.07) is 0. The molecule has 0 saturated carbocycles. The Morgan fingerprint density at radius 2 is 1.92 bits per heavy atom. The van der Waals surface area contributed by atoms with Gasteiger partial charge in [0.25, 0.3) is 0 Å². The first-order valence-corrected chi connectivity index (χ1v) is 11.0. The number of nitrogens with zero attached hydrogens (tertiary/aromatic N) is 2. The summed E-state index contributed by atoms with van der Waals surface area (Å²) in [5.74, 6) is 0.338. The molecule has 2 saturated heterocycles. The molecule has 0 aromatic rings. The molecule has 24 heavy (non-hydrogen) atoms. The van der Waals surface area contributed by atoms with Crippen LogP contribution in [0.5, 0.6) is 0 Å². The minimum Gasteiger partial charge on any atom is -0.376 e. The van der Waals surface area contributed by atoms with Crippen molar-refractivity contribution < 1.29 is 17.9 Å². The van der Waals surface area contributed by atoms with Crippen LogP contribution in [0, 0.1) is 5.92 Å². The van der Waals surface area contributed by atoms with E-state index in [1.54, 1.807) is 4.31 Å². The summed E-state index contributed by atoms with van der Waals surface area (Å²) in [5, 5.41) is 0. The smallest absolute Gasteiger partial charge is 0.225 e. The van der Waals surface area contributed by atoms with Crippen LogP contribution in [0.3, 0.4) is 0 Å². The van der Waals surface area contributed by atoms with Crippen molar-refractivity contribution in [1.29, 1.82) is 0 Å². The van der Waals surface area contributed by atoms with Gasteiger partial charge in [0, 0.05) is 38.7 Å². The highest BCUT2D eigenvalue weighted by Gasteiger charge is 2.33. The van der Waals surface area contributed by atoms with Crippen LogP contribution in [0.4, 0.5) is 0 Å². The van der Waals surface area contributed by atoms with E-state index in [2.05, 4.69) is 0 Å². The van der Waals surface area contributed by atoms with Crippen LogP contribution >= 0.6 is 0 Å². The lowest BCUT2D eigenvalue weighted by Crippen LogP contribution is -2.46. The number of hydrogen-bond acceptors (Lipinski definition) is 4. The number of carbonyl (C=O) groups excluding carboxylic acids is 1. The first-order valence-electron chi connectivity index (χ1n) is 9.36. The molecule has 1 amide bonds. The van der Waals surface area contributed by atoms with Crippen LogP contribution in [-0.2, 0) is 19.6 Å². The molecule has 2 heterocycles.